The Bertz CT molecular complexity index is 936. The van der Waals surface area contributed by atoms with E-state index in [0.717, 1.165) is 38.2 Å². The predicted octanol–water partition coefficient (Wildman–Crippen LogP) is 4.39. The van der Waals surface area contributed by atoms with Crippen LogP contribution in [0.3, 0.4) is 0 Å². The van der Waals surface area contributed by atoms with Crippen molar-refractivity contribution in [3.05, 3.63) is 64.7 Å². The van der Waals surface area contributed by atoms with E-state index in [0.29, 0.717) is 17.4 Å². The molecule has 1 saturated carbocycles. The van der Waals surface area contributed by atoms with Crippen molar-refractivity contribution in [3.63, 3.8) is 0 Å². The maximum absolute atomic E-state index is 13.9. The first-order valence-corrected chi connectivity index (χ1v) is 10.2. The summed E-state index contributed by atoms with van der Waals surface area (Å²) in [4.78, 5) is 24.7. The van der Waals surface area contributed by atoms with E-state index in [-0.39, 0.29) is 17.2 Å². The largest absolute Gasteiger partial charge is 0.497 e. The van der Waals surface area contributed by atoms with Crippen LogP contribution in [-0.4, -0.2) is 25.0 Å². The van der Waals surface area contributed by atoms with E-state index in [9.17, 15) is 22.8 Å². The first-order chi connectivity index (χ1) is 14.7. The Hall–Kier alpha value is -3.03. The third-order valence-electron chi connectivity index (χ3n) is 5.62. The number of nitrogens with one attached hydrogen (secondary N) is 1. The first-order valence-electron chi connectivity index (χ1n) is 10.2. The number of nitrogens with two attached hydrogens (primary N) is 1. The van der Waals surface area contributed by atoms with E-state index in [2.05, 4.69) is 5.32 Å². The van der Waals surface area contributed by atoms with Crippen molar-refractivity contribution in [2.45, 2.75) is 50.2 Å². The summed E-state index contributed by atoms with van der Waals surface area (Å²) in [6.07, 6.45) is -0.141. The van der Waals surface area contributed by atoms with Gasteiger partial charge in [-0.25, -0.2) is 0 Å². The molecule has 0 radical (unpaired) electrons. The zero-order valence-corrected chi connectivity index (χ0v) is 17.2. The Morgan fingerprint density at radius 3 is 2.26 bits per heavy atom. The van der Waals surface area contributed by atoms with Gasteiger partial charge in [0.15, 0.2) is 0 Å². The summed E-state index contributed by atoms with van der Waals surface area (Å²) >= 11 is 0. The molecule has 1 atom stereocenters. The number of carbonyl (C=O) groups excluding carboxylic acids is 2. The number of hydrogen-bond donors (Lipinski definition) is 2. The van der Waals surface area contributed by atoms with E-state index in [4.69, 9.17) is 10.5 Å². The highest BCUT2D eigenvalue weighted by Gasteiger charge is 2.38. The van der Waals surface area contributed by atoms with Gasteiger partial charge in [0.25, 0.3) is 0 Å². The molecule has 0 saturated heterocycles. The number of benzene rings is 2. The fraction of sp³-hybridized carbons (Fsp3) is 0.391. The van der Waals surface area contributed by atoms with Crippen molar-refractivity contribution in [3.8, 4) is 5.75 Å². The van der Waals surface area contributed by atoms with Gasteiger partial charge in [-0.2, -0.15) is 13.2 Å². The van der Waals surface area contributed by atoms with E-state index in [1.807, 2.05) is 0 Å². The van der Waals surface area contributed by atoms with Crippen LogP contribution in [0.25, 0.3) is 0 Å². The van der Waals surface area contributed by atoms with Crippen molar-refractivity contribution in [1.82, 2.24) is 5.32 Å². The van der Waals surface area contributed by atoms with Gasteiger partial charge in [-0.1, -0.05) is 37.5 Å². The monoisotopic (exact) mass is 434 g/mol. The minimum Gasteiger partial charge on any atom is -0.497 e. The molecule has 1 unspecified atom stereocenters. The van der Waals surface area contributed by atoms with Gasteiger partial charge in [0.05, 0.1) is 18.6 Å². The number of methoxy groups -OCH3 is 1. The molecular formula is C23H25F3N2O3. The summed E-state index contributed by atoms with van der Waals surface area (Å²) in [5, 5.41) is 2.93. The Morgan fingerprint density at radius 2 is 1.71 bits per heavy atom. The Labute approximate surface area is 178 Å². The highest BCUT2D eigenvalue weighted by atomic mass is 19.4. The molecule has 166 valence electrons. The van der Waals surface area contributed by atoms with Crippen LogP contribution in [0.4, 0.5) is 13.2 Å². The highest BCUT2D eigenvalue weighted by Crippen LogP contribution is 2.39. The van der Waals surface area contributed by atoms with E-state index >= 15 is 0 Å². The molecule has 5 nitrogen and oxygen atoms in total. The molecule has 0 spiro atoms. The predicted molar refractivity (Wildman–Crippen MR) is 110 cm³/mol. The van der Waals surface area contributed by atoms with Crippen LogP contribution >= 0.6 is 0 Å². The smallest absolute Gasteiger partial charge is 0.416 e. The van der Waals surface area contributed by atoms with Gasteiger partial charge in [-0.05, 0) is 48.2 Å². The number of rotatable bonds is 6. The van der Waals surface area contributed by atoms with Crippen LogP contribution in [0.2, 0.25) is 0 Å². The second kappa shape index (κ2) is 9.41. The second-order valence-electron chi connectivity index (χ2n) is 7.71. The minimum absolute atomic E-state index is 0.0683. The van der Waals surface area contributed by atoms with E-state index in [1.165, 1.54) is 13.2 Å². The fourth-order valence-corrected chi connectivity index (χ4v) is 4.01. The zero-order valence-electron chi connectivity index (χ0n) is 17.2. The maximum atomic E-state index is 13.9. The van der Waals surface area contributed by atoms with E-state index < -0.39 is 29.5 Å². The van der Waals surface area contributed by atoms with Gasteiger partial charge >= 0.3 is 6.18 Å². The molecule has 3 N–H and O–H groups in total. The summed E-state index contributed by atoms with van der Waals surface area (Å²) in [6, 6.07) is 9.37. The van der Waals surface area contributed by atoms with Crippen LogP contribution in [0.15, 0.2) is 42.5 Å². The van der Waals surface area contributed by atoms with Gasteiger partial charge in [0, 0.05) is 11.6 Å². The number of hydrogen-bond acceptors (Lipinski definition) is 3. The lowest BCUT2D eigenvalue weighted by Crippen LogP contribution is -2.40. The lowest BCUT2D eigenvalue weighted by molar-refractivity contribution is -0.138. The topological polar surface area (TPSA) is 81.4 Å². The number of primary amides is 1. The molecule has 0 aromatic heterocycles. The summed E-state index contributed by atoms with van der Waals surface area (Å²) in [6.45, 7) is 0. The van der Waals surface area contributed by atoms with Crippen LogP contribution in [0, 0.1) is 0 Å². The van der Waals surface area contributed by atoms with Gasteiger partial charge < -0.3 is 15.8 Å². The molecule has 2 amide bonds. The molecule has 1 aliphatic carbocycles. The quantitative estimate of drug-likeness (QED) is 0.707. The average molecular weight is 434 g/mol. The van der Waals surface area contributed by atoms with Gasteiger partial charge in [-0.15, -0.1) is 0 Å². The molecule has 2 aromatic rings. The summed E-state index contributed by atoms with van der Waals surface area (Å²) in [7, 11) is 1.48. The molecule has 3 rings (SSSR count). The van der Waals surface area contributed by atoms with Gasteiger partial charge in [0.1, 0.15) is 5.75 Å². The molecule has 0 bridgehead atoms. The fourth-order valence-electron chi connectivity index (χ4n) is 4.01. The van der Waals surface area contributed by atoms with Crippen molar-refractivity contribution in [1.29, 1.82) is 0 Å². The lowest BCUT2D eigenvalue weighted by Gasteiger charge is -2.27. The second-order valence-corrected chi connectivity index (χ2v) is 7.71. The van der Waals surface area contributed by atoms with Crippen LogP contribution in [0.5, 0.6) is 5.75 Å². The SMILES string of the molecule is COc1ccc(C(C(=O)NC2CCCCC2)c2ccc(C(N)=O)cc2C(F)(F)F)cc1. The summed E-state index contributed by atoms with van der Waals surface area (Å²) in [5.74, 6) is -2.15. The Balaban J connectivity index is 2.08. The van der Waals surface area contributed by atoms with Crippen molar-refractivity contribution in [2.75, 3.05) is 7.11 Å². The minimum atomic E-state index is -4.77. The zero-order chi connectivity index (χ0) is 22.6. The molecule has 31 heavy (non-hydrogen) atoms. The molecule has 0 heterocycles. The molecule has 8 heteroatoms. The standard InChI is InChI=1S/C23H25F3N2O3/c1-31-17-10-7-14(8-11-17)20(22(30)28-16-5-3-2-4-6-16)18-12-9-15(21(27)29)13-19(18)23(24,25)26/h7-13,16,20H,2-6H2,1H3,(H2,27,29)(H,28,30). The molecule has 2 aromatic carbocycles. The van der Waals surface area contributed by atoms with Crippen LogP contribution in [0.1, 0.15) is 65.1 Å². The molecular weight excluding hydrogens is 409 g/mol. The summed E-state index contributed by atoms with van der Waals surface area (Å²) < 4.78 is 46.8. The molecule has 0 aliphatic heterocycles. The number of alkyl halides is 3. The molecule has 1 aliphatic rings. The van der Waals surface area contributed by atoms with Crippen molar-refractivity contribution < 1.29 is 27.5 Å². The number of carbonyl (C=O) groups is 2. The van der Waals surface area contributed by atoms with Gasteiger partial charge in [0.2, 0.25) is 11.8 Å². The number of ether oxygens (including phenoxy) is 1. The average Bonchev–Trinajstić information content (AvgIpc) is 2.74. The third-order valence-corrected chi connectivity index (χ3v) is 5.62. The first kappa shape index (κ1) is 22.7. The van der Waals surface area contributed by atoms with E-state index in [1.54, 1.807) is 24.3 Å². The lowest BCUT2D eigenvalue weighted by atomic mass is 9.85. The Morgan fingerprint density at radius 1 is 1.06 bits per heavy atom. The number of amides is 2. The normalized spacial score (nSPS) is 15.9. The van der Waals surface area contributed by atoms with Gasteiger partial charge in [-0.3, -0.25) is 9.59 Å². The third kappa shape index (κ3) is 5.37. The summed E-state index contributed by atoms with van der Waals surface area (Å²) in [5.41, 5.74) is 4.03. The van der Waals surface area contributed by atoms with Crippen molar-refractivity contribution >= 4 is 11.8 Å². The van der Waals surface area contributed by atoms with Crippen LogP contribution < -0.4 is 15.8 Å². The molecule has 1 fully saturated rings. The maximum Gasteiger partial charge on any atom is 0.416 e. The number of halogens is 3. The highest BCUT2D eigenvalue weighted by molar-refractivity contribution is 5.94. The van der Waals surface area contributed by atoms with Crippen molar-refractivity contribution in [2.24, 2.45) is 5.73 Å². The van der Waals surface area contributed by atoms with Crippen LogP contribution in [-0.2, 0) is 11.0 Å². The Kier molecular flexibility index (Phi) is 6.87.